The third-order valence-corrected chi connectivity index (χ3v) is 4.63. The molecule has 0 amide bonds. The number of hydrogen-bond donors (Lipinski definition) is 1. The van der Waals surface area contributed by atoms with Gasteiger partial charge in [-0.15, -0.1) is 0 Å². The topological polar surface area (TPSA) is 46.9 Å². The molecule has 0 bridgehead atoms. The van der Waals surface area contributed by atoms with Crippen molar-refractivity contribution in [2.24, 2.45) is 13.0 Å². The third kappa shape index (κ3) is 3.20. The highest BCUT2D eigenvalue weighted by Crippen LogP contribution is 2.23. The number of halogens is 1. The molecule has 1 saturated heterocycles. The molecule has 0 radical (unpaired) electrons. The Morgan fingerprint density at radius 1 is 1.50 bits per heavy atom. The molecule has 1 N–H and O–H groups in total. The quantitative estimate of drug-likeness (QED) is 0.924. The van der Waals surface area contributed by atoms with E-state index in [0.29, 0.717) is 24.5 Å². The van der Waals surface area contributed by atoms with Crippen LogP contribution in [-0.2, 0) is 18.3 Å². The highest BCUT2D eigenvalue weighted by atomic mass is 79.9. The molecule has 1 aromatic heterocycles. The molecule has 5 heteroatoms. The second-order valence-electron chi connectivity index (χ2n) is 5.08. The van der Waals surface area contributed by atoms with E-state index in [4.69, 9.17) is 0 Å². The molecule has 1 aromatic rings. The molecule has 0 atom stereocenters. The molecule has 0 aromatic carbocycles. The minimum absolute atomic E-state index is 0.325. The maximum atomic E-state index is 12.1. The molecular formula is C13H20BrN3O. The van der Waals surface area contributed by atoms with E-state index in [-0.39, 0.29) is 0 Å². The van der Waals surface area contributed by atoms with Gasteiger partial charge in [0.25, 0.3) is 0 Å². The summed E-state index contributed by atoms with van der Waals surface area (Å²) in [6, 6.07) is 0. The standard InChI is InChI=1S/C13H20BrN3O/c1-9-13(14)12(17(2)16-9)8-11(18)7-10-3-5-15-6-4-10/h10,15H,3-8H2,1-2H3. The van der Waals surface area contributed by atoms with Gasteiger partial charge in [0.1, 0.15) is 5.78 Å². The SMILES string of the molecule is Cc1nn(C)c(CC(=O)CC2CCNCC2)c1Br. The number of nitrogens with one attached hydrogen (secondary N) is 1. The third-order valence-electron chi connectivity index (χ3n) is 3.60. The van der Waals surface area contributed by atoms with Crippen LogP contribution in [0.3, 0.4) is 0 Å². The fourth-order valence-electron chi connectivity index (χ4n) is 2.54. The summed E-state index contributed by atoms with van der Waals surface area (Å²) < 4.78 is 2.78. The Bertz CT molecular complexity index is 436. The normalized spacial score (nSPS) is 17.1. The predicted octanol–water partition coefficient (Wildman–Crippen LogP) is 1.99. The van der Waals surface area contributed by atoms with E-state index < -0.39 is 0 Å². The van der Waals surface area contributed by atoms with Crippen molar-refractivity contribution in [3.63, 3.8) is 0 Å². The molecule has 2 heterocycles. The van der Waals surface area contributed by atoms with E-state index in [0.717, 1.165) is 41.8 Å². The molecular weight excluding hydrogens is 294 g/mol. The van der Waals surface area contributed by atoms with Gasteiger partial charge in [-0.05, 0) is 54.7 Å². The summed E-state index contributed by atoms with van der Waals surface area (Å²) in [6.07, 6.45) is 3.44. The highest BCUT2D eigenvalue weighted by Gasteiger charge is 2.19. The number of piperidine rings is 1. The average Bonchev–Trinajstić information content (AvgIpc) is 2.57. The van der Waals surface area contributed by atoms with Crippen LogP contribution in [0.5, 0.6) is 0 Å². The van der Waals surface area contributed by atoms with E-state index in [1.54, 1.807) is 4.68 Å². The number of Topliss-reactive ketones (excluding diaryl/α,β-unsaturated/α-hetero) is 1. The fraction of sp³-hybridized carbons (Fsp3) is 0.692. The van der Waals surface area contributed by atoms with Gasteiger partial charge in [-0.1, -0.05) is 0 Å². The molecule has 1 fully saturated rings. The monoisotopic (exact) mass is 313 g/mol. The lowest BCUT2D eigenvalue weighted by molar-refractivity contribution is -0.119. The Morgan fingerprint density at radius 2 is 2.17 bits per heavy atom. The molecule has 4 nitrogen and oxygen atoms in total. The maximum absolute atomic E-state index is 12.1. The Balaban J connectivity index is 1.94. The van der Waals surface area contributed by atoms with Crippen molar-refractivity contribution in [3.8, 4) is 0 Å². The molecule has 0 saturated carbocycles. The van der Waals surface area contributed by atoms with Crippen LogP contribution in [-0.4, -0.2) is 28.7 Å². The first-order chi connectivity index (χ1) is 8.58. The van der Waals surface area contributed by atoms with E-state index in [1.165, 1.54) is 0 Å². The zero-order valence-corrected chi connectivity index (χ0v) is 12.6. The number of rotatable bonds is 4. The smallest absolute Gasteiger partial charge is 0.139 e. The van der Waals surface area contributed by atoms with Gasteiger partial charge in [0.05, 0.1) is 15.9 Å². The lowest BCUT2D eigenvalue weighted by Gasteiger charge is -2.21. The second kappa shape index (κ2) is 5.97. The van der Waals surface area contributed by atoms with Crippen LogP contribution in [0.1, 0.15) is 30.7 Å². The minimum atomic E-state index is 0.325. The number of hydrogen-bond acceptors (Lipinski definition) is 3. The zero-order valence-electron chi connectivity index (χ0n) is 11.0. The second-order valence-corrected chi connectivity index (χ2v) is 5.88. The molecule has 1 aliphatic rings. The van der Waals surface area contributed by atoms with Gasteiger partial charge in [0, 0.05) is 19.9 Å². The first kappa shape index (κ1) is 13.7. The molecule has 0 aliphatic carbocycles. The summed E-state index contributed by atoms with van der Waals surface area (Å²) in [4.78, 5) is 12.1. The van der Waals surface area contributed by atoms with Crippen molar-refractivity contribution >= 4 is 21.7 Å². The summed E-state index contributed by atoms with van der Waals surface area (Å²) in [5.41, 5.74) is 1.94. The van der Waals surface area contributed by atoms with Crippen LogP contribution in [0.25, 0.3) is 0 Å². The number of aryl methyl sites for hydroxylation is 2. The maximum Gasteiger partial charge on any atom is 0.139 e. The van der Waals surface area contributed by atoms with Crippen LogP contribution in [0.4, 0.5) is 0 Å². The van der Waals surface area contributed by atoms with Crippen molar-refractivity contribution in [1.82, 2.24) is 15.1 Å². The van der Waals surface area contributed by atoms with E-state index >= 15 is 0 Å². The molecule has 18 heavy (non-hydrogen) atoms. The molecule has 0 unspecified atom stereocenters. The Kier molecular flexibility index (Phi) is 4.56. The highest BCUT2D eigenvalue weighted by molar-refractivity contribution is 9.10. The number of carbonyl (C=O) groups is 1. The van der Waals surface area contributed by atoms with Gasteiger partial charge in [0.2, 0.25) is 0 Å². The summed E-state index contributed by atoms with van der Waals surface area (Å²) in [5, 5.41) is 7.64. The predicted molar refractivity (Wildman–Crippen MR) is 74.6 cm³/mol. The molecule has 1 aliphatic heterocycles. The van der Waals surface area contributed by atoms with Crippen LogP contribution < -0.4 is 5.32 Å². The van der Waals surface area contributed by atoms with Crippen LogP contribution in [0, 0.1) is 12.8 Å². The Labute approximate surface area is 116 Å². The van der Waals surface area contributed by atoms with E-state index in [9.17, 15) is 4.79 Å². The first-order valence-corrected chi connectivity index (χ1v) is 7.27. The van der Waals surface area contributed by atoms with Crippen LogP contribution in [0.2, 0.25) is 0 Å². The van der Waals surface area contributed by atoms with Gasteiger partial charge in [-0.3, -0.25) is 9.48 Å². The van der Waals surface area contributed by atoms with Crippen molar-refractivity contribution in [1.29, 1.82) is 0 Å². The van der Waals surface area contributed by atoms with E-state index in [1.807, 2.05) is 14.0 Å². The lowest BCUT2D eigenvalue weighted by Crippen LogP contribution is -2.29. The number of ketones is 1. The average molecular weight is 314 g/mol. The largest absolute Gasteiger partial charge is 0.317 e. The number of carbonyl (C=O) groups excluding carboxylic acids is 1. The van der Waals surface area contributed by atoms with Gasteiger partial charge in [-0.2, -0.15) is 5.10 Å². The van der Waals surface area contributed by atoms with Crippen molar-refractivity contribution in [2.75, 3.05) is 13.1 Å². The fourth-order valence-corrected chi connectivity index (χ4v) is 3.01. The van der Waals surface area contributed by atoms with Gasteiger partial charge >= 0.3 is 0 Å². The van der Waals surface area contributed by atoms with Gasteiger partial charge < -0.3 is 5.32 Å². The van der Waals surface area contributed by atoms with Gasteiger partial charge in [0.15, 0.2) is 0 Å². The summed E-state index contributed by atoms with van der Waals surface area (Å²) in [6.45, 7) is 4.05. The number of aromatic nitrogens is 2. The lowest BCUT2D eigenvalue weighted by atomic mass is 9.91. The summed E-state index contributed by atoms with van der Waals surface area (Å²) in [7, 11) is 1.89. The van der Waals surface area contributed by atoms with Gasteiger partial charge in [-0.25, -0.2) is 0 Å². The zero-order chi connectivity index (χ0) is 13.1. The molecule has 2 rings (SSSR count). The van der Waals surface area contributed by atoms with E-state index in [2.05, 4.69) is 26.3 Å². The Morgan fingerprint density at radius 3 is 2.72 bits per heavy atom. The van der Waals surface area contributed by atoms with Crippen LogP contribution >= 0.6 is 15.9 Å². The minimum Gasteiger partial charge on any atom is -0.317 e. The van der Waals surface area contributed by atoms with Crippen molar-refractivity contribution in [3.05, 3.63) is 15.9 Å². The van der Waals surface area contributed by atoms with Crippen LogP contribution in [0.15, 0.2) is 4.47 Å². The Hall–Kier alpha value is -0.680. The summed E-state index contributed by atoms with van der Waals surface area (Å²) >= 11 is 3.51. The van der Waals surface area contributed by atoms with Crippen molar-refractivity contribution < 1.29 is 4.79 Å². The number of nitrogens with zero attached hydrogens (tertiary/aromatic N) is 2. The molecule has 100 valence electrons. The molecule has 0 spiro atoms. The summed E-state index contributed by atoms with van der Waals surface area (Å²) in [5.74, 6) is 0.887. The van der Waals surface area contributed by atoms with Crippen molar-refractivity contribution in [2.45, 2.75) is 32.6 Å². The first-order valence-electron chi connectivity index (χ1n) is 6.48.